The highest BCUT2D eigenvalue weighted by Gasteiger charge is 2.22. The number of rotatable bonds is 4. The topological polar surface area (TPSA) is 44.9 Å². The summed E-state index contributed by atoms with van der Waals surface area (Å²) in [6.45, 7) is 2.96. The highest BCUT2D eigenvalue weighted by atomic mass is 79.9. The Labute approximate surface area is 152 Å². The lowest BCUT2D eigenvalue weighted by Gasteiger charge is -2.27. The Morgan fingerprint density at radius 1 is 1.48 bits per heavy atom. The van der Waals surface area contributed by atoms with Gasteiger partial charge in [-0.3, -0.25) is 4.68 Å². The van der Waals surface area contributed by atoms with Crippen LogP contribution >= 0.6 is 39.3 Å². The van der Waals surface area contributed by atoms with Crippen molar-refractivity contribution in [3.8, 4) is 17.3 Å². The van der Waals surface area contributed by atoms with Crippen LogP contribution in [0.5, 0.6) is 0 Å². The van der Waals surface area contributed by atoms with E-state index in [9.17, 15) is 0 Å². The third-order valence-electron chi connectivity index (χ3n) is 3.64. The van der Waals surface area contributed by atoms with Gasteiger partial charge in [0.15, 0.2) is 0 Å². The van der Waals surface area contributed by atoms with Gasteiger partial charge in [0.25, 0.3) is 0 Å². The Bertz CT molecular complexity index is 783. The van der Waals surface area contributed by atoms with Crippen molar-refractivity contribution in [2.24, 2.45) is 0 Å². The molecule has 0 saturated carbocycles. The molecular weight excluding hydrogens is 396 g/mol. The predicted molar refractivity (Wildman–Crippen MR) is 98.1 cm³/mol. The molecule has 118 valence electrons. The zero-order chi connectivity index (χ0) is 16.4. The van der Waals surface area contributed by atoms with E-state index < -0.39 is 0 Å². The molecule has 7 heteroatoms. The van der Waals surface area contributed by atoms with Gasteiger partial charge in [0, 0.05) is 24.0 Å². The SMILES string of the molecule is CC(Cn1ccc(-c2ccc(C#N)c(Cl)c2)n1)N1C=CS[C@H]1Br. The summed E-state index contributed by atoms with van der Waals surface area (Å²) in [6.07, 6.45) is 4.06. The van der Waals surface area contributed by atoms with Crippen molar-refractivity contribution in [2.75, 3.05) is 0 Å². The predicted octanol–water partition coefficient (Wildman–Crippen LogP) is 4.66. The van der Waals surface area contributed by atoms with E-state index in [0.29, 0.717) is 16.6 Å². The second-order valence-corrected chi connectivity index (χ2v) is 8.11. The fraction of sp³-hybridized carbons (Fsp3) is 0.250. The summed E-state index contributed by atoms with van der Waals surface area (Å²) in [5.74, 6) is 0. The van der Waals surface area contributed by atoms with E-state index in [-0.39, 0.29) is 4.28 Å². The minimum atomic E-state index is 0.282. The van der Waals surface area contributed by atoms with Gasteiger partial charge in [-0.25, -0.2) is 0 Å². The molecule has 2 aromatic rings. The first-order valence-electron chi connectivity index (χ1n) is 7.05. The van der Waals surface area contributed by atoms with Crippen LogP contribution in [0, 0.1) is 11.3 Å². The lowest BCUT2D eigenvalue weighted by Crippen LogP contribution is -2.33. The molecule has 1 unspecified atom stereocenters. The second-order valence-electron chi connectivity index (χ2n) is 5.24. The molecular formula is C16H14BrClN4S. The minimum absolute atomic E-state index is 0.282. The maximum atomic E-state index is 8.94. The molecule has 3 rings (SSSR count). The van der Waals surface area contributed by atoms with E-state index in [1.807, 2.05) is 23.0 Å². The molecule has 2 atom stereocenters. The first-order chi connectivity index (χ1) is 11.1. The number of nitriles is 1. The fourth-order valence-corrected chi connectivity index (χ4v) is 4.30. The van der Waals surface area contributed by atoms with Crippen LogP contribution in [0.15, 0.2) is 42.1 Å². The molecule has 4 nitrogen and oxygen atoms in total. The molecule has 1 aromatic carbocycles. The zero-order valence-electron chi connectivity index (χ0n) is 12.4. The van der Waals surface area contributed by atoms with E-state index in [1.54, 1.807) is 23.9 Å². The van der Waals surface area contributed by atoms with Crippen molar-refractivity contribution in [3.63, 3.8) is 0 Å². The summed E-state index contributed by atoms with van der Waals surface area (Å²) >= 11 is 11.5. The van der Waals surface area contributed by atoms with Crippen LogP contribution in [0.1, 0.15) is 12.5 Å². The average molecular weight is 410 g/mol. The van der Waals surface area contributed by atoms with Gasteiger partial charge in [0.2, 0.25) is 0 Å². The molecule has 0 amide bonds. The third kappa shape index (κ3) is 3.57. The smallest absolute Gasteiger partial charge is 0.135 e. The number of hydrogen-bond donors (Lipinski definition) is 0. The Morgan fingerprint density at radius 2 is 2.30 bits per heavy atom. The fourth-order valence-electron chi connectivity index (χ4n) is 2.40. The molecule has 0 aliphatic carbocycles. The van der Waals surface area contributed by atoms with Gasteiger partial charge in [-0.1, -0.05) is 45.4 Å². The average Bonchev–Trinajstić information content (AvgIpc) is 3.16. The van der Waals surface area contributed by atoms with Gasteiger partial charge in [-0.15, -0.1) is 0 Å². The van der Waals surface area contributed by atoms with Crippen LogP contribution in [-0.2, 0) is 6.54 Å². The lowest BCUT2D eigenvalue weighted by molar-refractivity contribution is 0.290. The highest BCUT2D eigenvalue weighted by Crippen LogP contribution is 2.31. The van der Waals surface area contributed by atoms with Crippen molar-refractivity contribution in [2.45, 2.75) is 23.8 Å². The Morgan fingerprint density at radius 3 is 2.96 bits per heavy atom. The van der Waals surface area contributed by atoms with Gasteiger partial charge in [-0.2, -0.15) is 10.4 Å². The maximum absolute atomic E-state index is 8.94. The summed E-state index contributed by atoms with van der Waals surface area (Å²) in [7, 11) is 0. The van der Waals surface area contributed by atoms with E-state index in [4.69, 9.17) is 16.9 Å². The quantitative estimate of drug-likeness (QED) is 0.544. The molecule has 0 bridgehead atoms. The highest BCUT2D eigenvalue weighted by molar-refractivity contribution is 9.11. The minimum Gasteiger partial charge on any atom is -0.351 e. The Kier molecular flexibility index (Phi) is 5.00. The summed E-state index contributed by atoms with van der Waals surface area (Å²) in [6, 6.07) is 9.73. The maximum Gasteiger partial charge on any atom is 0.135 e. The summed E-state index contributed by atoms with van der Waals surface area (Å²) < 4.78 is 2.22. The molecule has 2 heterocycles. The van der Waals surface area contributed by atoms with E-state index in [1.165, 1.54) is 0 Å². The summed E-state index contributed by atoms with van der Waals surface area (Å²) in [5, 5.41) is 16.1. The number of benzene rings is 1. The van der Waals surface area contributed by atoms with Crippen molar-refractivity contribution >= 4 is 39.3 Å². The standard InChI is InChI=1S/C16H14BrClN4S/c1-11(22-6-7-23-16(22)17)10-21-5-4-15(20-21)12-2-3-13(9-19)14(18)8-12/h2-8,11,16H,10H2,1H3/t11?,16-/m0/s1. The molecule has 0 saturated heterocycles. The molecule has 0 fully saturated rings. The molecule has 1 aliphatic rings. The van der Waals surface area contributed by atoms with Crippen molar-refractivity contribution in [1.82, 2.24) is 14.7 Å². The lowest BCUT2D eigenvalue weighted by atomic mass is 10.1. The molecule has 1 aliphatic heterocycles. The largest absolute Gasteiger partial charge is 0.351 e. The van der Waals surface area contributed by atoms with Gasteiger partial charge in [0.05, 0.1) is 22.8 Å². The van der Waals surface area contributed by atoms with Crippen LogP contribution in [0.4, 0.5) is 0 Å². The number of aromatic nitrogens is 2. The van der Waals surface area contributed by atoms with Crippen molar-refractivity contribution in [1.29, 1.82) is 5.26 Å². The summed E-state index contributed by atoms with van der Waals surface area (Å²) in [4.78, 5) is 2.25. The van der Waals surface area contributed by atoms with Crippen LogP contribution in [0.3, 0.4) is 0 Å². The number of nitrogens with zero attached hydrogens (tertiary/aromatic N) is 4. The molecule has 0 radical (unpaired) electrons. The van der Waals surface area contributed by atoms with Gasteiger partial charge in [-0.05, 0) is 30.5 Å². The second kappa shape index (κ2) is 7.00. The monoisotopic (exact) mass is 408 g/mol. The van der Waals surface area contributed by atoms with Crippen LogP contribution in [0.2, 0.25) is 5.02 Å². The Hall–Kier alpha value is -1.42. The van der Waals surface area contributed by atoms with E-state index in [0.717, 1.165) is 17.8 Å². The van der Waals surface area contributed by atoms with E-state index in [2.05, 4.69) is 50.5 Å². The Balaban J connectivity index is 1.74. The normalized spacial score (nSPS) is 18.2. The molecule has 1 aromatic heterocycles. The van der Waals surface area contributed by atoms with E-state index >= 15 is 0 Å². The van der Waals surface area contributed by atoms with Gasteiger partial charge in [0.1, 0.15) is 10.4 Å². The number of alkyl halides is 1. The molecule has 0 N–H and O–H groups in total. The summed E-state index contributed by atoms with van der Waals surface area (Å²) in [5.41, 5.74) is 2.24. The first-order valence-corrected chi connectivity index (χ1v) is 9.29. The third-order valence-corrected chi connectivity index (χ3v) is 5.82. The molecule has 0 spiro atoms. The molecule has 23 heavy (non-hydrogen) atoms. The first kappa shape index (κ1) is 16.4. The van der Waals surface area contributed by atoms with Gasteiger partial charge >= 0.3 is 0 Å². The van der Waals surface area contributed by atoms with Crippen LogP contribution in [0.25, 0.3) is 11.3 Å². The number of hydrogen-bond acceptors (Lipinski definition) is 4. The number of thioether (sulfide) groups is 1. The van der Waals surface area contributed by atoms with Crippen LogP contribution in [-0.4, -0.2) is 25.0 Å². The van der Waals surface area contributed by atoms with Crippen LogP contribution < -0.4 is 0 Å². The van der Waals surface area contributed by atoms with Crippen molar-refractivity contribution < 1.29 is 0 Å². The van der Waals surface area contributed by atoms with Crippen molar-refractivity contribution in [3.05, 3.63) is 52.7 Å². The number of halogens is 2. The van der Waals surface area contributed by atoms with Gasteiger partial charge < -0.3 is 4.90 Å². The zero-order valence-corrected chi connectivity index (χ0v) is 15.5.